The van der Waals surface area contributed by atoms with Gasteiger partial charge in [0.2, 0.25) is 0 Å². The maximum absolute atomic E-state index is 12.7. The second-order valence-corrected chi connectivity index (χ2v) is 6.50. The monoisotopic (exact) mass is 360 g/mol. The van der Waals surface area contributed by atoms with Crippen LogP contribution in [0.15, 0.2) is 42.5 Å². The highest BCUT2D eigenvalue weighted by molar-refractivity contribution is 5.96. The van der Waals surface area contributed by atoms with E-state index >= 15 is 0 Å². The largest absolute Gasteiger partial charge is 0.399 e. The van der Waals surface area contributed by atoms with Gasteiger partial charge in [0, 0.05) is 17.9 Å². The molecule has 1 aliphatic rings. The van der Waals surface area contributed by atoms with Gasteiger partial charge in [0.1, 0.15) is 6.10 Å². The first kappa shape index (κ1) is 19.3. The van der Waals surface area contributed by atoms with E-state index in [1.165, 1.54) is 5.56 Å². The molecule has 0 bridgehead atoms. The third-order valence-corrected chi connectivity index (χ3v) is 4.55. The molecule has 3 rings (SSSR count). The number of amides is 1. The summed E-state index contributed by atoms with van der Waals surface area (Å²) in [6.07, 6.45) is 1.75. The lowest BCUT2D eigenvalue weighted by Crippen LogP contribution is -2.43. The average Bonchev–Trinajstić information content (AvgIpc) is 2.58. The summed E-state index contributed by atoms with van der Waals surface area (Å²) in [5, 5.41) is 3.15. The minimum atomic E-state index is -0.107. The Bertz CT molecular complexity index is 731. The number of aryl methyl sites for hydroxylation is 2. The highest BCUT2D eigenvalue weighted by atomic mass is 35.5. The zero-order valence-corrected chi connectivity index (χ0v) is 15.4. The minimum Gasteiger partial charge on any atom is -0.399 e. The molecule has 1 heterocycles. The van der Waals surface area contributed by atoms with Crippen molar-refractivity contribution in [1.29, 1.82) is 0 Å². The van der Waals surface area contributed by atoms with Gasteiger partial charge in [-0.1, -0.05) is 35.9 Å². The van der Waals surface area contributed by atoms with Gasteiger partial charge in [-0.05, 0) is 49.9 Å². The molecule has 1 fully saturated rings. The molecule has 5 heteroatoms. The smallest absolute Gasteiger partial charge is 0.251 e. The zero-order chi connectivity index (χ0) is 17.1. The van der Waals surface area contributed by atoms with Crippen LogP contribution in [0.4, 0.5) is 5.69 Å². The number of hydrogen-bond donors (Lipinski definition) is 2. The van der Waals surface area contributed by atoms with Gasteiger partial charge >= 0.3 is 0 Å². The number of benzene rings is 2. The quantitative estimate of drug-likeness (QED) is 0.814. The van der Waals surface area contributed by atoms with Crippen molar-refractivity contribution >= 4 is 24.0 Å². The van der Waals surface area contributed by atoms with Gasteiger partial charge in [-0.25, -0.2) is 0 Å². The Morgan fingerprint density at radius 3 is 2.60 bits per heavy atom. The summed E-state index contributed by atoms with van der Waals surface area (Å²) < 4.78 is 5.97. The van der Waals surface area contributed by atoms with Gasteiger partial charge in [0.25, 0.3) is 5.91 Å². The molecule has 1 saturated heterocycles. The number of anilines is 1. The van der Waals surface area contributed by atoms with Crippen molar-refractivity contribution in [3.05, 3.63) is 64.7 Å². The molecular formula is C20H25ClN2O2. The molecule has 134 valence electrons. The number of rotatable bonds is 3. The van der Waals surface area contributed by atoms with Crippen LogP contribution in [0.25, 0.3) is 0 Å². The predicted molar refractivity (Wildman–Crippen MR) is 103 cm³/mol. The Kier molecular flexibility index (Phi) is 6.45. The average molecular weight is 361 g/mol. The Labute approximate surface area is 155 Å². The van der Waals surface area contributed by atoms with E-state index in [9.17, 15) is 4.79 Å². The third-order valence-electron chi connectivity index (χ3n) is 4.55. The number of hydrogen-bond acceptors (Lipinski definition) is 3. The Hall–Kier alpha value is -2.04. The maximum Gasteiger partial charge on any atom is 0.251 e. The van der Waals surface area contributed by atoms with Crippen molar-refractivity contribution in [2.45, 2.75) is 38.8 Å². The van der Waals surface area contributed by atoms with Crippen LogP contribution >= 0.6 is 12.4 Å². The molecule has 0 aromatic heterocycles. The summed E-state index contributed by atoms with van der Waals surface area (Å²) in [4.78, 5) is 12.7. The number of nitrogens with two attached hydrogens (primary N) is 1. The molecule has 2 aromatic carbocycles. The molecule has 0 saturated carbocycles. The first-order valence-corrected chi connectivity index (χ1v) is 8.40. The van der Waals surface area contributed by atoms with Crippen molar-refractivity contribution in [2.75, 3.05) is 12.3 Å². The summed E-state index contributed by atoms with van der Waals surface area (Å²) in [5.74, 6) is -0.0904. The summed E-state index contributed by atoms with van der Waals surface area (Å²) in [7, 11) is 0. The topological polar surface area (TPSA) is 64.3 Å². The van der Waals surface area contributed by atoms with Crippen molar-refractivity contribution in [2.24, 2.45) is 0 Å². The van der Waals surface area contributed by atoms with E-state index in [4.69, 9.17) is 10.5 Å². The molecule has 3 N–H and O–H groups in total. The first-order valence-electron chi connectivity index (χ1n) is 8.40. The van der Waals surface area contributed by atoms with Gasteiger partial charge in [-0.15, -0.1) is 12.4 Å². The minimum absolute atomic E-state index is 0. The molecule has 2 unspecified atom stereocenters. The van der Waals surface area contributed by atoms with Crippen LogP contribution in [0.1, 0.15) is 46.0 Å². The van der Waals surface area contributed by atoms with Crippen LogP contribution in [0.3, 0.4) is 0 Å². The Morgan fingerprint density at radius 2 is 1.88 bits per heavy atom. The molecule has 4 nitrogen and oxygen atoms in total. The molecular weight excluding hydrogens is 336 g/mol. The maximum atomic E-state index is 12.7. The Balaban J connectivity index is 0.00000225. The summed E-state index contributed by atoms with van der Waals surface area (Å²) >= 11 is 0. The molecule has 0 radical (unpaired) electrons. The van der Waals surface area contributed by atoms with E-state index in [-0.39, 0.29) is 30.5 Å². The van der Waals surface area contributed by atoms with E-state index in [1.807, 2.05) is 19.1 Å². The fourth-order valence-electron chi connectivity index (χ4n) is 3.14. The van der Waals surface area contributed by atoms with Gasteiger partial charge in [0.15, 0.2) is 0 Å². The van der Waals surface area contributed by atoms with Crippen LogP contribution in [0, 0.1) is 13.8 Å². The van der Waals surface area contributed by atoms with Crippen LogP contribution in [0.2, 0.25) is 0 Å². The lowest BCUT2D eigenvalue weighted by molar-refractivity contribution is -0.00947. The number of carbonyl (C=O) groups excluding carboxylic acids is 1. The van der Waals surface area contributed by atoms with E-state index in [2.05, 4.69) is 36.5 Å². The van der Waals surface area contributed by atoms with Crippen LogP contribution in [0.5, 0.6) is 0 Å². The highest BCUT2D eigenvalue weighted by Gasteiger charge is 2.29. The number of nitrogens with one attached hydrogen (secondary N) is 1. The molecule has 2 atom stereocenters. The van der Waals surface area contributed by atoms with Gasteiger partial charge in [-0.3, -0.25) is 4.79 Å². The van der Waals surface area contributed by atoms with E-state index in [0.717, 1.165) is 30.6 Å². The normalized spacial score (nSPS) is 19.8. The van der Waals surface area contributed by atoms with Gasteiger partial charge in [0.05, 0.1) is 6.04 Å². The Morgan fingerprint density at radius 1 is 1.16 bits per heavy atom. The second-order valence-electron chi connectivity index (χ2n) is 6.50. The van der Waals surface area contributed by atoms with E-state index in [0.29, 0.717) is 11.3 Å². The van der Waals surface area contributed by atoms with E-state index in [1.54, 1.807) is 6.07 Å². The van der Waals surface area contributed by atoms with Crippen LogP contribution in [-0.2, 0) is 4.74 Å². The molecule has 25 heavy (non-hydrogen) atoms. The summed E-state index contributed by atoms with van der Waals surface area (Å²) in [5.41, 5.74) is 10.3. The number of ether oxygens (including phenoxy) is 1. The lowest BCUT2D eigenvalue weighted by atomic mass is 9.94. The summed E-state index contributed by atoms with van der Waals surface area (Å²) in [6, 6.07) is 13.7. The number of halogens is 1. The SMILES string of the molecule is Cc1ccc(C2OCCCC2NC(=O)c2cc(N)ccc2C)cc1.Cl. The van der Waals surface area contributed by atoms with Gasteiger partial charge in [-0.2, -0.15) is 0 Å². The number of nitrogen functional groups attached to an aromatic ring is 1. The molecule has 0 aliphatic carbocycles. The second kappa shape index (κ2) is 8.37. The van der Waals surface area contributed by atoms with Gasteiger partial charge < -0.3 is 15.8 Å². The highest BCUT2D eigenvalue weighted by Crippen LogP contribution is 2.29. The van der Waals surface area contributed by atoms with Crippen molar-refractivity contribution < 1.29 is 9.53 Å². The molecule has 0 spiro atoms. The molecule has 1 amide bonds. The fraction of sp³-hybridized carbons (Fsp3) is 0.350. The summed E-state index contributed by atoms with van der Waals surface area (Å²) in [6.45, 7) is 4.71. The first-order chi connectivity index (χ1) is 11.5. The molecule has 1 aliphatic heterocycles. The lowest BCUT2D eigenvalue weighted by Gasteiger charge is -2.33. The fourth-order valence-corrected chi connectivity index (χ4v) is 3.14. The third kappa shape index (κ3) is 4.53. The standard InChI is InChI=1S/C20H24N2O2.ClH/c1-13-5-8-15(9-6-13)19-18(4-3-11-24-19)22-20(23)17-12-16(21)10-7-14(17)2;/h5-10,12,18-19H,3-4,11,21H2,1-2H3,(H,22,23);1H. The van der Waals surface area contributed by atoms with Crippen LogP contribution in [-0.4, -0.2) is 18.6 Å². The zero-order valence-electron chi connectivity index (χ0n) is 14.6. The van der Waals surface area contributed by atoms with Crippen molar-refractivity contribution in [3.63, 3.8) is 0 Å². The van der Waals surface area contributed by atoms with E-state index < -0.39 is 0 Å². The molecule has 2 aromatic rings. The number of carbonyl (C=O) groups is 1. The predicted octanol–water partition coefficient (Wildman–Crippen LogP) is 3.96. The van der Waals surface area contributed by atoms with Crippen LogP contribution < -0.4 is 11.1 Å². The van der Waals surface area contributed by atoms with Crippen molar-refractivity contribution in [3.8, 4) is 0 Å². The van der Waals surface area contributed by atoms with Crippen molar-refractivity contribution in [1.82, 2.24) is 5.32 Å².